The molecule has 0 aliphatic heterocycles. The van der Waals surface area contributed by atoms with Gasteiger partial charge >= 0.3 is 5.97 Å². The molecule has 0 spiro atoms. The summed E-state index contributed by atoms with van der Waals surface area (Å²) < 4.78 is 15.6. The maximum Gasteiger partial charge on any atom is 0.333 e. The summed E-state index contributed by atoms with van der Waals surface area (Å²) in [6.45, 7) is 7.10. The van der Waals surface area contributed by atoms with E-state index in [9.17, 15) is 4.79 Å². The third kappa shape index (κ3) is 3.77. The molecule has 88 valence electrons. The first-order valence-corrected chi connectivity index (χ1v) is 5.85. The second-order valence-electron chi connectivity index (χ2n) is 3.64. The van der Waals surface area contributed by atoms with E-state index in [-0.39, 0.29) is 0 Å². The topological polar surface area (TPSA) is 44.8 Å². The Hall–Kier alpha value is -0.653. The third-order valence-electron chi connectivity index (χ3n) is 2.30. The molecular formula is C10H20O4Si. The van der Waals surface area contributed by atoms with E-state index >= 15 is 0 Å². The highest BCUT2D eigenvalue weighted by Gasteiger charge is 2.36. The van der Waals surface area contributed by atoms with Gasteiger partial charge in [0.05, 0.1) is 10.2 Å². The SMILES string of the molecule is C=C(C)C(=O)OC([SiH3])(CC)C(OC)OC. The van der Waals surface area contributed by atoms with Crippen molar-refractivity contribution < 1.29 is 19.0 Å². The fourth-order valence-corrected chi connectivity index (χ4v) is 1.84. The molecule has 0 fully saturated rings. The number of hydrogen-bond acceptors (Lipinski definition) is 4. The van der Waals surface area contributed by atoms with Crippen LogP contribution in [0, 0.1) is 0 Å². The van der Waals surface area contributed by atoms with Crippen LogP contribution in [0.3, 0.4) is 0 Å². The smallest absolute Gasteiger partial charge is 0.333 e. The molecule has 0 saturated heterocycles. The van der Waals surface area contributed by atoms with Crippen LogP contribution in [-0.2, 0) is 19.0 Å². The fraction of sp³-hybridized carbons (Fsp3) is 0.700. The van der Waals surface area contributed by atoms with E-state index in [1.54, 1.807) is 6.92 Å². The van der Waals surface area contributed by atoms with Crippen LogP contribution in [0.1, 0.15) is 20.3 Å². The predicted molar refractivity (Wildman–Crippen MR) is 61.7 cm³/mol. The average molecular weight is 232 g/mol. The Morgan fingerprint density at radius 3 is 2.20 bits per heavy atom. The summed E-state index contributed by atoms with van der Waals surface area (Å²) in [4.78, 5) is 11.4. The van der Waals surface area contributed by atoms with E-state index in [0.29, 0.717) is 22.2 Å². The van der Waals surface area contributed by atoms with E-state index in [4.69, 9.17) is 14.2 Å². The first-order chi connectivity index (χ1) is 6.91. The Bertz CT molecular complexity index is 238. The summed E-state index contributed by atoms with van der Waals surface area (Å²) in [5, 5.41) is -0.653. The van der Waals surface area contributed by atoms with Gasteiger partial charge in [0, 0.05) is 19.8 Å². The van der Waals surface area contributed by atoms with Gasteiger partial charge in [-0.15, -0.1) is 0 Å². The van der Waals surface area contributed by atoms with Crippen molar-refractivity contribution in [3.05, 3.63) is 12.2 Å². The quantitative estimate of drug-likeness (QED) is 0.284. The van der Waals surface area contributed by atoms with E-state index in [2.05, 4.69) is 6.58 Å². The van der Waals surface area contributed by atoms with Crippen LogP contribution in [-0.4, -0.2) is 41.9 Å². The zero-order valence-electron chi connectivity index (χ0n) is 10.1. The predicted octanol–water partition coefficient (Wildman–Crippen LogP) is 0.196. The van der Waals surface area contributed by atoms with Crippen LogP contribution in [0.4, 0.5) is 0 Å². The number of carbonyl (C=O) groups is 1. The van der Waals surface area contributed by atoms with Crippen molar-refractivity contribution in [1.29, 1.82) is 0 Å². The Morgan fingerprint density at radius 1 is 1.47 bits per heavy atom. The van der Waals surface area contributed by atoms with E-state index in [0.717, 1.165) is 0 Å². The zero-order valence-corrected chi connectivity index (χ0v) is 12.1. The van der Waals surface area contributed by atoms with Crippen LogP contribution < -0.4 is 0 Å². The van der Waals surface area contributed by atoms with Gasteiger partial charge in [-0.1, -0.05) is 13.5 Å². The third-order valence-corrected chi connectivity index (χ3v) is 3.69. The molecule has 0 aromatic rings. The van der Waals surface area contributed by atoms with Gasteiger partial charge in [0.2, 0.25) is 0 Å². The second-order valence-corrected chi connectivity index (χ2v) is 5.33. The molecule has 0 bridgehead atoms. The minimum Gasteiger partial charge on any atom is -0.455 e. The maximum absolute atomic E-state index is 11.4. The van der Waals surface area contributed by atoms with Gasteiger partial charge in [-0.25, -0.2) is 4.79 Å². The van der Waals surface area contributed by atoms with Gasteiger partial charge in [0.1, 0.15) is 5.22 Å². The number of hydrogen-bond donors (Lipinski definition) is 0. The molecule has 0 N–H and O–H groups in total. The van der Waals surface area contributed by atoms with Crippen LogP contribution >= 0.6 is 0 Å². The molecular weight excluding hydrogens is 212 g/mol. The molecule has 0 aromatic carbocycles. The molecule has 0 aliphatic carbocycles. The lowest BCUT2D eigenvalue weighted by Crippen LogP contribution is -2.48. The summed E-state index contributed by atoms with van der Waals surface area (Å²) in [7, 11) is 3.70. The van der Waals surface area contributed by atoms with E-state index in [1.165, 1.54) is 14.2 Å². The molecule has 1 atom stereocenters. The Morgan fingerprint density at radius 2 is 1.93 bits per heavy atom. The molecule has 1 unspecified atom stereocenters. The highest BCUT2D eigenvalue weighted by Crippen LogP contribution is 2.21. The first kappa shape index (κ1) is 14.3. The number of esters is 1. The van der Waals surface area contributed by atoms with Crippen LogP contribution in [0.5, 0.6) is 0 Å². The molecule has 5 heteroatoms. The van der Waals surface area contributed by atoms with Crippen molar-refractivity contribution in [3.8, 4) is 0 Å². The molecule has 0 saturated carbocycles. The first-order valence-electron chi connectivity index (χ1n) is 4.85. The number of carbonyl (C=O) groups excluding carboxylic acids is 1. The molecule has 0 radical (unpaired) electrons. The van der Waals surface area contributed by atoms with Gasteiger partial charge in [-0.05, 0) is 13.3 Å². The molecule has 0 amide bonds. The maximum atomic E-state index is 11.4. The molecule has 4 nitrogen and oxygen atoms in total. The summed E-state index contributed by atoms with van der Waals surface area (Å²) in [6.07, 6.45) is 0.141. The van der Waals surface area contributed by atoms with E-state index < -0.39 is 17.5 Å². The van der Waals surface area contributed by atoms with Gasteiger partial charge in [-0.2, -0.15) is 0 Å². The molecule has 15 heavy (non-hydrogen) atoms. The lowest BCUT2D eigenvalue weighted by molar-refractivity contribution is -0.203. The number of rotatable bonds is 6. The van der Waals surface area contributed by atoms with Crippen LogP contribution in [0.15, 0.2) is 12.2 Å². The minimum absolute atomic E-state index is 0.384. The number of ether oxygens (including phenoxy) is 3. The molecule has 0 aromatic heterocycles. The lowest BCUT2D eigenvalue weighted by Gasteiger charge is -2.34. The van der Waals surface area contributed by atoms with Crippen molar-refractivity contribution in [2.75, 3.05) is 14.2 Å². The Labute approximate surface area is 94.0 Å². The minimum atomic E-state index is -0.653. The Kier molecular flexibility index (Phi) is 5.78. The summed E-state index contributed by atoms with van der Waals surface area (Å²) >= 11 is 0. The summed E-state index contributed by atoms with van der Waals surface area (Å²) in [6, 6.07) is 0. The fourth-order valence-electron chi connectivity index (χ4n) is 1.18. The second kappa shape index (κ2) is 6.04. The average Bonchev–Trinajstić information content (AvgIpc) is 2.19. The van der Waals surface area contributed by atoms with Crippen molar-refractivity contribution in [1.82, 2.24) is 0 Å². The standard InChI is InChI=1S/C10H20O4Si/c1-6-10(15,9(12-4)13-5)14-8(11)7(2)3/h9H,2,6H2,1,3-5,15H3. The highest BCUT2D eigenvalue weighted by molar-refractivity contribution is 6.16. The van der Waals surface area contributed by atoms with Gasteiger partial charge in [0.25, 0.3) is 0 Å². The van der Waals surface area contributed by atoms with Crippen molar-refractivity contribution >= 4 is 16.2 Å². The number of methoxy groups -OCH3 is 2. The zero-order chi connectivity index (χ0) is 12.1. The van der Waals surface area contributed by atoms with Gasteiger partial charge < -0.3 is 14.2 Å². The highest BCUT2D eigenvalue weighted by atomic mass is 28.1. The molecule has 0 rings (SSSR count). The van der Waals surface area contributed by atoms with Crippen molar-refractivity contribution in [2.45, 2.75) is 31.8 Å². The van der Waals surface area contributed by atoms with Gasteiger partial charge in [-0.3, -0.25) is 0 Å². The lowest BCUT2D eigenvalue weighted by atomic mass is 10.2. The largest absolute Gasteiger partial charge is 0.455 e. The monoisotopic (exact) mass is 232 g/mol. The summed E-state index contributed by atoms with van der Waals surface area (Å²) in [5.74, 6) is -0.397. The van der Waals surface area contributed by atoms with Gasteiger partial charge in [0.15, 0.2) is 6.29 Å². The van der Waals surface area contributed by atoms with Crippen LogP contribution in [0.25, 0.3) is 0 Å². The molecule has 0 aliphatic rings. The Balaban J connectivity index is 4.69. The summed E-state index contributed by atoms with van der Waals surface area (Å²) in [5.41, 5.74) is 0.384. The van der Waals surface area contributed by atoms with Crippen molar-refractivity contribution in [2.24, 2.45) is 0 Å². The van der Waals surface area contributed by atoms with Crippen LogP contribution in [0.2, 0.25) is 0 Å². The molecule has 0 heterocycles. The van der Waals surface area contributed by atoms with E-state index in [1.807, 2.05) is 6.92 Å². The van der Waals surface area contributed by atoms with Crippen molar-refractivity contribution in [3.63, 3.8) is 0 Å². The normalized spacial score (nSPS) is 15.0.